The van der Waals surface area contributed by atoms with E-state index >= 15 is 0 Å². The fourth-order valence-electron chi connectivity index (χ4n) is 2.22. The van der Waals surface area contributed by atoms with Crippen molar-refractivity contribution >= 4 is 27.5 Å². The number of benzene rings is 1. The molecule has 1 aliphatic heterocycles. The summed E-state index contributed by atoms with van der Waals surface area (Å²) in [5.74, 6) is -1.77. The average molecular weight is 337 g/mol. The molecule has 0 fully saturated rings. The van der Waals surface area contributed by atoms with Crippen molar-refractivity contribution in [3.05, 3.63) is 27.7 Å². The monoisotopic (exact) mass is 336 g/mol. The van der Waals surface area contributed by atoms with Crippen molar-refractivity contribution < 1.29 is 18.0 Å². The summed E-state index contributed by atoms with van der Waals surface area (Å²) in [5, 5.41) is 0. The number of nitrogens with zero attached hydrogens (tertiary/aromatic N) is 1. The lowest BCUT2D eigenvalue weighted by Gasteiger charge is -2.21. The number of carbonyl (C=O) groups excluding carboxylic acids is 1. The van der Waals surface area contributed by atoms with Crippen LogP contribution in [0, 0.1) is 0 Å². The van der Waals surface area contributed by atoms with Crippen LogP contribution in [-0.2, 0) is 17.6 Å². The molecule has 0 atom stereocenters. The Bertz CT molecular complexity index is 516. The van der Waals surface area contributed by atoms with Crippen LogP contribution in [0.5, 0.6) is 0 Å². The van der Waals surface area contributed by atoms with E-state index in [-0.39, 0.29) is 13.1 Å². The number of alkyl halides is 3. The van der Waals surface area contributed by atoms with E-state index in [1.807, 2.05) is 0 Å². The minimum absolute atomic E-state index is 0.0568. The minimum atomic E-state index is -4.81. The molecule has 0 aliphatic carbocycles. The van der Waals surface area contributed by atoms with Gasteiger partial charge in [0.05, 0.1) is 0 Å². The van der Waals surface area contributed by atoms with Crippen molar-refractivity contribution in [1.82, 2.24) is 4.90 Å². The first-order valence-corrected chi connectivity index (χ1v) is 6.51. The Morgan fingerprint density at radius 1 is 1.26 bits per heavy atom. The van der Waals surface area contributed by atoms with Crippen LogP contribution in [0.2, 0.25) is 0 Å². The van der Waals surface area contributed by atoms with E-state index in [1.54, 1.807) is 12.1 Å². The lowest BCUT2D eigenvalue weighted by atomic mass is 10.0. The Morgan fingerprint density at radius 3 is 2.53 bits per heavy atom. The summed E-state index contributed by atoms with van der Waals surface area (Å²) in [6.45, 7) is 0.120. The maximum atomic E-state index is 12.4. The van der Waals surface area contributed by atoms with Gasteiger partial charge >= 0.3 is 12.1 Å². The third-order valence-electron chi connectivity index (χ3n) is 3.12. The van der Waals surface area contributed by atoms with Crippen LogP contribution in [0.3, 0.4) is 0 Å². The van der Waals surface area contributed by atoms with Crippen molar-refractivity contribution in [2.75, 3.05) is 18.8 Å². The van der Waals surface area contributed by atoms with Crippen molar-refractivity contribution in [3.63, 3.8) is 0 Å². The molecule has 19 heavy (non-hydrogen) atoms. The first-order chi connectivity index (χ1) is 8.79. The molecule has 1 aliphatic rings. The van der Waals surface area contributed by atoms with E-state index < -0.39 is 12.1 Å². The van der Waals surface area contributed by atoms with Crippen LogP contribution >= 0.6 is 15.9 Å². The smallest absolute Gasteiger partial charge is 0.399 e. The van der Waals surface area contributed by atoms with Gasteiger partial charge in [0.1, 0.15) is 0 Å². The molecule has 1 aromatic rings. The molecule has 0 aromatic heterocycles. The molecule has 1 aromatic carbocycles. The molecule has 104 valence electrons. The second kappa shape index (κ2) is 5.03. The standard InChI is InChI=1S/C12H12BrF3N2O/c13-10-6-8(17)5-7-1-3-18(4-2-9(7)10)11(19)12(14,15)16/h5-6H,1-4,17H2. The fraction of sp³-hybridized carbons (Fsp3) is 0.417. The van der Waals surface area contributed by atoms with E-state index in [9.17, 15) is 18.0 Å². The van der Waals surface area contributed by atoms with Crippen LogP contribution in [0.25, 0.3) is 0 Å². The molecular formula is C12H12BrF3N2O. The van der Waals surface area contributed by atoms with Gasteiger partial charge in [-0.15, -0.1) is 0 Å². The van der Waals surface area contributed by atoms with Gasteiger partial charge in [-0.05, 0) is 36.1 Å². The number of hydrogen-bond acceptors (Lipinski definition) is 2. The molecule has 1 heterocycles. The van der Waals surface area contributed by atoms with Gasteiger partial charge in [-0.1, -0.05) is 15.9 Å². The zero-order chi connectivity index (χ0) is 14.2. The van der Waals surface area contributed by atoms with Gasteiger partial charge in [0, 0.05) is 23.2 Å². The van der Waals surface area contributed by atoms with Crippen molar-refractivity contribution in [3.8, 4) is 0 Å². The fourth-order valence-corrected chi connectivity index (χ4v) is 2.93. The number of fused-ring (bicyclic) bond motifs is 1. The van der Waals surface area contributed by atoms with E-state index in [0.717, 1.165) is 20.5 Å². The predicted octanol–water partition coefficient (Wildman–Crippen LogP) is 2.52. The highest BCUT2D eigenvalue weighted by Gasteiger charge is 2.42. The van der Waals surface area contributed by atoms with Gasteiger partial charge in [-0.25, -0.2) is 0 Å². The van der Waals surface area contributed by atoms with Gasteiger partial charge in [-0.3, -0.25) is 4.79 Å². The maximum Gasteiger partial charge on any atom is 0.471 e. The van der Waals surface area contributed by atoms with Crippen molar-refractivity contribution in [1.29, 1.82) is 0 Å². The summed E-state index contributed by atoms with van der Waals surface area (Å²) < 4.78 is 38.0. The molecule has 7 heteroatoms. The molecule has 2 N–H and O–H groups in total. The zero-order valence-electron chi connectivity index (χ0n) is 9.93. The minimum Gasteiger partial charge on any atom is -0.399 e. The zero-order valence-corrected chi connectivity index (χ0v) is 11.5. The molecule has 0 unspecified atom stereocenters. The van der Waals surface area contributed by atoms with Crippen LogP contribution in [0.1, 0.15) is 11.1 Å². The van der Waals surface area contributed by atoms with Crippen LogP contribution in [-0.4, -0.2) is 30.1 Å². The Kier molecular flexibility index (Phi) is 3.75. The topological polar surface area (TPSA) is 46.3 Å². The second-order valence-corrected chi connectivity index (χ2v) is 5.28. The van der Waals surface area contributed by atoms with Gasteiger partial charge in [0.2, 0.25) is 0 Å². The molecule has 0 spiro atoms. The Labute approximate surface area is 116 Å². The highest BCUT2D eigenvalue weighted by Crippen LogP contribution is 2.28. The molecule has 0 saturated carbocycles. The number of amides is 1. The average Bonchev–Trinajstić information content (AvgIpc) is 2.49. The van der Waals surface area contributed by atoms with Gasteiger partial charge < -0.3 is 10.6 Å². The van der Waals surface area contributed by atoms with E-state index in [4.69, 9.17) is 5.73 Å². The van der Waals surface area contributed by atoms with Crippen molar-refractivity contribution in [2.24, 2.45) is 0 Å². The van der Waals surface area contributed by atoms with Crippen LogP contribution in [0.15, 0.2) is 16.6 Å². The van der Waals surface area contributed by atoms with E-state index in [0.29, 0.717) is 18.5 Å². The molecular weight excluding hydrogens is 325 g/mol. The lowest BCUT2D eigenvalue weighted by molar-refractivity contribution is -0.185. The van der Waals surface area contributed by atoms with Gasteiger partial charge in [0.15, 0.2) is 0 Å². The molecule has 2 rings (SSSR count). The number of nitrogens with two attached hydrogens (primary N) is 1. The third-order valence-corrected chi connectivity index (χ3v) is 3.83. The Morgan fingerprint density at radius 2 is 1.89 bits per heavy atom. The molecule has 0 radical (unpaired) electrons. The number of carbonyl (C=O) groups is 1. The van der Waals surface area contributed by atoms with E-state index in [1.165, 1.54) is 0 Å². The second-order valence-electron chi connectivity index (χ2n) is 4.43. The third kappa shape index (κ3) is 3.02. The highest BCUT2D eigenvalue weighted by atomic mass is 79.9. The molecule has 0 bridgehead atoms. The number of anilines is 1. The summed E-state index contributed by atoms with van der Waals surface area (Å²) in [6, 6.07) is 3.47. The van der Waals surface area contributed by atoms with Crippen LogP contribution < -0.4 is 5.73 Å². The normalized spacial score (nSPS) is 15.9. The molecule has 3 nitrogen and oxygen atoms in total. The summed E-state index contributed by atoms with van der Waals surface area (Å²) in [5.41, 5.74) is 8.08. The van der Waals surface area contributed by atoms with Gasteiger partial charge in [-0.2, -0.15) is 13.2 Å². The lowest BCUT2D eigenvalue weighted by Crippen LogP contribution is -2.42. The first-order valence-electron chi connectivity index (χ1n) is 5.72. The number of halogens is 4. The SMILES string of the molecule is Nc1cc(Br)c2c(c1)CCN(C(=O)C(F)(F)F)CC2. The molecule has 0 saturated heterocycles. The largest absolute Gasteiger partial charge is 0.471 e. The number of hydrogen-bond donors (Lipinski definition) is 1. The highest BCUT2D eigenvalue weighted by molar-refractivity contribution is 9.10. The van der Waals surface area contributed by atoms with Gasteiger partial charge in [0.25, 0.3) is 0 Å². The summed E-state index contributed by atoms with van der Waals surface area (Å²) in [7, 11) is 0. The number of nitrogen functional groups attached to an aromatic ring is 1. The quantitative estimate of drug-likeness (QED) is 0.740. The van der Waals surface area contributed by atoms with E-state index in [2.05, 4.69) is 15.9 Å². The Balaban J connectivity index is 2.22. The maximum absolute atomic E-state index is 12.4. The summed E-state index contributed by atoms with van der Waals surface area (Å²) >= 11 is 3.36. The number of rotatable bonds is 0. The molecule has 1 amide bonds. The van der Waals surface area contributed by atoms with Crippen LogP contribution in [0.4, 0.5) is 18.9 Å². The summed E-state index contributed by atoms with van der Waals surface area (Å²) in [6.07, 6.45) is -4.05. The first kappa shape index (κ1) is 14.2. The predicted molar refractivity (Wildman–Crippen MR) is 68.6 cm³/mol. The Hall–Kier alpha value is -1.24. The summed E-state index contributed by atoms with van der Waals surface area (Å²) in [4.78, 5) is 12.1. The van der Waals surface area contributed by atoms with Crippen molar-refractivity contribution in [2.45, 2.75) is 19.0 Å².